The van der Waals surface area contributed by atoms with Gasteiger partial charge < -0.3 is 5.73 Å². The van der Waals surface area contributed by atoms with Crippen LogP contribution in [-0.2, 0) is 0 Å². The van der Waals surface area contributed by atoms with E-state index in [2.05, 4.69) is 32.6 Å². The molecule has 0 aromatic heterocycles. The fourth-order valence-corrected chi connectivity index (χ4v) is 4.25. The van der Waals surface area contributed by atoms with E-state index in [0.29, 0.717) is 5.54 Å². The number of rotatable bonds is 3. The SMILES string of the molecule is CC(C)C1CCCC(CN)(N2CC(C)C(C)C2)CC1. The highest BCUT2D eigenvalue weighted by Crippen LogP contribution is 2.40. The normalized spacial score (nSPS) is 41.7. The summed E-state index contributed by atoms with van der Waals surface area (Å²) >= 11 is 0. The second-order valence-electron chi connectivity index (χ2n) is 7.72. The molecule has 0 aromatic carbocycles. The smallest absolute Gasteiger partial charge is 0.0332 e. The summed E-state index contributed by atoms with van der Waals surface area (Å²) in [6.07, 6.45) is 6.82. The van der Waals surface area contributed by atoms with E-state index in [4.69, 9.17) is 5.73 Å². The van der Waals surface area contributed by atoms with Crippen molar-refractivity contribution in [2.45, 2.75) is 65.3 Å². The van der Waals surface area contributed by atoms with Crippen molar-refractivity contribution >= 4 is 0 Å². The van der Waals surface area contributed by atoms with Gasteiger partial charge in [0.25, 0.3) is 0 Å². The highest BCUT2D eigenvalue weighted by molar-refractivity contribution is 4.98. The minimum absolute atomic E-state index is 0.322. The molecule has 1 heterocycles. The molecule has 2 N–H and O–H groups in total. The molecule has 2 rings (SSSR count). The Morgan fingerprint density at radius 2 is 1.74 bits per heavy atom. The molecule has 2 heteroatoms. The molecule has 1 saturated carbocycles. The maximum atomic E-state index is 6.26. The van der Waals surface area contributed by atoms with Crippen LogP contribution in [0.4, 0.5) is 0 Å². The van der Waals surface area contributed by atoms with Crippen molar-refractivity contribution in [1.29, 1.82) is 0 Å². The molecule has 0 bridgehead atoms. The summed E-state index contributed by atoms with van der Waals surface area (Å²) in [6, 6.07) is 0. The Balaban J connectivity index is 2.06. The highest BCUT2D eigenvalue weighted by atomic mass is 15.2. The average molecular weight is 266 g/mol. The lowest BCUT2D eigenvalue weighted by Crippen LogP contribution is -2.52. The van der Waals surface area contributed by atoms with Crippen molar-refractivity contribution in [3.05, 3.63) is 0 Å². The molecule has 112 valence electrons. The van der Waals surface area contributed by atoms with Gasteiger partial charge in [0.2, 0.25) is 0 Å². The van der Waals surface area contributed by atoms with Crippen molar-refractivity contribution in [3.8, 4) is 0 Å². The summed E-state index contributed by atoms with van der Waals surface area (Å²) in [5, 5.41) is 0. The Kier molecular flexibility index (Phi) is 4.94. The molecule has 2 aliphatic rings. The van der Waals surface area contributed by atoms with Crippen LogP contribution in [0.25, 0.3) is 0 Å². The molecule has 0 amide bonds. The first-order valence-corrected chi connectivity index (χ1v) is 8.43. The van der Waals surface area contributed by atoms with E-state index < -0.39 is 0 Å². The maximum Gasteiger partial charge on any atom is 0.0332 e. The molecule has 1 saturated heterocycles. The van der Waals surface area contributed by atoms with Crippen LogP contribution in [0, 0.1) is 23.7 Å². The van der Waals surface area contributed by atoms with Crippen molar-refractivity contribution < 1.29 is 0 Å². The van der Waals surface area contributed by atoms with E-state index in [-0.39, 0.29) is 0 Å². The molecule has 0 aromatic rings. The Morgan fingerprint density at radius 1 is 1.11 bits per heavy atom. The predicted molar refractivity (Wildman–Crippen MR) is 83.1 cm³/mol. The molecule has 4 unspecified atom stereocenters. The predicted octanol–water partition coefficient (Wildman–Crippen LogP) is 3.51. The zero-order valence-corrected chi connectivity index (χ0v) is 13.5. The van der Waals surface area contributed by atoms with E-state index >= 15 is 0 Å². The van der Waals surface area contributed by atoms with Gasteiger partial charge in [-0.3, -0.25) is 4.90 Å². The monoisotopic (exact) mass is 266 g/mol. The third-order valence-corrected chi connectivity index (χ3v) is 6.18. The van der Waals surface area contributed by atoms with Crippen LogP contribution in [0.5, 0.6) is 0 Å². The van der Waals surface area contributed by atoms with Crippen LogP contribution in [-0.4, -0.2) is 30.1 Å². The number of nitrogens with two attached hydrogens (primary N) is 1. The summed E-state index contributed by atoms with van der Waals surface area (Å²) < 4.78 is 0. The molecule has 0 spiro atoms. The maximum absolute atomic E-state index is 6.26. The van der Waals surface area contributed by atoms with Gasteiger partial charge in [-0.25, -0.2) is 0 Å². The molecule has 1 aliphatic carbocycles. The Hall–Kier alpha value is -0.0800. The van der Waals surface area contributed by atoms with E-state index in [0.717, 1.165) is 30.2 Å². The Bertz CT molecular complexity index is 279. The molecule has 0 radical (unpaired) electrons. The molecule has 2 nitrogen and oxygen atoms in total. The summed E-state index contributed by atoms with van der Waals surface area (Å²) in [7, 11) is 0. The second-order valence-corrected chi connectivity index (χ2v) is 7.72. The summed E-state index contributed by atoms with van der Waals surface area (Å²) in [5.74, 6) is 3.44. The number of hydrogen-bond donors (Lipinski definition) is 1. The summed E-state index contributed by atoms with van der Waals surface area (Å²) in [6.45, 7) is 13.0. The van der Waals surface area contributed by atoms with Crippen LogP contribution < -0.4 is 5.73 Å². The van der Waals surface area contributed by atoms with Crippen molar-refractivity contribution in [3.63, 3.8) is 0 Å². The third kappa shape index (κ3) is 3.16. The molecular weight excluding hydrogens is 232 g/mol. The van der Waals surface area contributed by atoms with Gasteiger partial charge in [0.1, 0.15) is 0 Å². The van der Waals surface area contributed by atoms with Gasteiger partial charge >= 0.3 is 0 Å². The van der Waals surface area contributed by atoms with Gasteiger partial charge in [0, 0.05) is 25.2 Å². The van der Waals surface area contributed by atoms with Crippen LogP contribution in [0.1, 0.15) is 59.8 Å². The zero-order chi connectivity index (χ0) is 14.0. The largest absolute Gasteiger partial charge is 0.329 e. The van der Waals surface area contributed by atoms with Crippen LogP contribution in [0.3, 0.4) is 0 Å². The fraction of sp³-hybridized carbons (Fsp3) is 1.00. The van der Waals surface area contributed by atoms with Gasteiger partial charge in [-0.2, -0.15) is 0 Å². The first-order chi connectivity index (χ1) is 8.98. The van der Waals surface area contributed by atoms with Gasteiger partial charge in [0.15, 0.2) is 0 Å². The van der Waals surface area contributed by atoms with Gasteiger partial charge in [-0.05, 0) is 42.9 Å². The summed E-state index contributed by atoms with van der Waals surface area (Å²) in [4.78, 5) is 2.76. The Morgan fingerprint density at radius 3 is 2.26 bits per heavy atom. The molecular formula is C17H34N2. The minimum atomic E-state index is 0.322. The van der Waals surface area contributed by atoms with Crippen LogP contribution in [0.15, 0.2) is 0 Å². The lowest BCUT2D eigenvalue weighted by atomic mass is 9.85. The standard InChI is InChI=1S/C17H34N2/c1-13(2)16-6-5-8-17(12-18,9-7-16)19-10-14(3)15(4)11-19/h13-16H,5-12,18H2,1-4H3. The van der Waals surface area contributed by atoms with Crippen molar-refractivity contribution in [2.75, 3.05) is 19.6 Å². The molecule has 1 aliphatic heterocycles. The first kappa shape index (κ1) is 15.3. The number of hydrogen-bond acceptors (Lipinski definition) is 2. The second kappa shape index (κ2) is 6.13. The Labute approximate surface area is 120 Å². The number of nitrogens with zero attached hydrogens (tertiary/aromatic N) is 1. The topological polar surface area (TPSA) is 29.3 Å². The molecule has 4 atom stereocenters. The van der Waals surface area contributed by atoms with Crippen molar-refractivity contribution in [1.82, 2.24) is 4.90 Å². The molecule has 19 heavy (non-hydrogen) atoms. The lowest BCUT2D eigenvalue weighted by molar-refractivity contribution is 0.0972. The lowest BCUT2D eigenvalue weighted by Gasteiger charge is -2.41. The minimum Gasteiger partial charge on any atom is -0.329 e. The van der Waals surface area contributed by atoms with E-state index in [9.17, 15) is 0 Å². The van der Waals surface area contributed by atoms with Gasteiger partial charge in [0.05, 0.1) is 0 Å². The zero-order valence-electron chi connectivity index (χ0n) is 13.5. The highest BCUT2D eigenvalue weighted by Gasteiger charge is 2.42. The van der Waals surface area contributed by atoms with Gasteiger partial charge in [-0.15, -0.1) is 0 Å². The number of likely N-dealkylation sites (tertiary alicyclic amines) is 1. The van der Waals surface area contributed by atoms with Gasteiger partial charge in [-0.1, -0.05) is 40.5 Å². The first-order valence-electron chi connectivity index (χ1n) is 8.43. The average Bonchev–Trinajstić information content (AvgIpc) is 2.62. The molecule has 2 fully saturated rings. The van der Waals surface area contributed by atoms with Crippen molar-refractivity contribution in [2.24, 2.45) is 29.4 Å². The van der Waals surface area contributed by atoms with Crippen LogP contribution in [0.2, 0.25) is 0 Å². The fourth-order valence-electron chi connectivity index (χ4n) is 4.25. The summed E-state index contributed by atoms with van der Waals surface area (Å²) in [5.41, 5.74) is 6.58. The van der Waals surface area contributed by atoms with E-state index in [1.807, 2.05) is 0 Å². The van der Waals surface area contributed by atoms with Crippen LogP contribution >= 0.6 is 0 Å². The third-order valence-electron chi connectivity index (χ3n) is 6.18. The van der Waals surface area contributed by atoms with E-state index in [1.165, 1.54) is 45.2 Å². The van der Waals surface area contributed by atoms with E-state index in [1.54, 1.807) is 0 Å². The quantitative estimate of drug-likeness (QED) is 0.792.